The van der Waals surface area contributed by atoms with Crippen molar-refractivity contribution in [3.63, 3.8) is 0 Å². The number of aliphatic hydroxyl groups excluding tert-OH is 1. The molecule has 5 heteroatoms. The van der Waals surface area contributed by atoms with Crippen molar-refractivity contribution in [1.82, 2.24) is 4.98 Å². The van der Waals surface area contributed by atoms with Crippen molar-refractivity contribution in [2.45, 2.75) is 33.3 Å². The summed E-state index contributed by atoms with van der Waals surface area (Å²) in [5.41, 5.74) is 8.32. The fraction of sp³-hybridized carbons (Fsp3) is 0.571. The molecule has 0 radical (unpaired) electrons. The first-order valence-electron chi connectivity index (χ1n) is 6.65. The van der Waals surface area contributed by atoms with E-state index in [2.05, 4.69) is 9.88 Å². The van der Waals surface area contributed by atoms with E-state index >= 15 is 0 Å². The zero-order valence-corrected chi connectivity index (χ0v) is 11.8. The first-order chi connectivity index (χ1) is 8.90. The lowest BCUT2D eigenvalue weighted by atomic mass is 10.0. The number of hydrogen-bond acceptors (Lipinski definition) is 4. The van der Waals surface area contributed by atoms with E-state index < -0.39 is 0 Å². The maximum absolute atomic E-state index is 9.69. The SMILES string of the molecule is Cc1cc(C)c(C(=N)N)c(N2CCC(C(C)O)C2)n1. The number of rotatable bonds is 3. The molecule has 0 bridgehead atoms. The number of nitrogens with two attached hydrogens (primary N) is 1. The first-order valence-corrected chi connectivity index (χ1v) is 6.65. The molecule has 1 aromatic rings. The lowest BCUT2D eigenvalue weighted by molar-refractivity contribution is 0.136. The molecule has 1 aromatic heterocycles. The molecular formula is C14H22N4O. The first kappa shape index (κ1) is 13.8. The van der Waals surface area contributed by atoms with Crippen molar-refractivity contribution in [3.05, 3.63) is 22.9 Å². The van der Waals surface area contributed by atoms with Gasteiger partial charge in [0.15, 0.2) is 0 Å². The molecule has 19 heavy (non-hydrogen) atoms. The van der Waals surface area contributed by atoms with Crippen LogP contribution in [-0.4, -0.2) is 35.1 Å². The van der Waals surface area contributed by atoms with E-state index in [0.29, 0.717) is 0 Å². The summed E-state index contributed by atoms with van der Waals surface area (Å²) in [7, 11) is 0. The molecule has 4 N–H and O–H groups in total. The Morgan fingerprint density at radius 3 is 2.79 bits per heavy atom. The van der Waals surface area contributed by atoms with Crippen molar-refractivity contribution in [1.29, 1.82) is 5.41 Å². The third-order valence-corrected chi connectivity index (χ3v) is 3.80. The lowest BCUT2D eigenvalue weighted by Gasteiger charge is -2.23. The largest absolute Gasteiger partial charge is 0.393 e. The molecule has 2 rings (SSSR count). The van der Waals surface area contributed by atoms with Gasteiger partial charge in [0, 0.05) is 24.7 Å². The van der Waals surface area contributed by atoms with Crippen molar-refractivity contribution in [2.75, 3.05) is 18.0 Å². The number of aryl methyl sites for hydroxylation is 2. The number of amidine groups is 1. The molecule has 0 saturated carbocycles. The van der Waals surface area contributed by atoms with Gasteiger partial charge in [0.05, 0.1) is 11.7 Å². The highest BCUT2D eigenvalue weighted by atomic mass is 16.3. The molecule has 0 spiro atoms. The van der Waals surface area contributed by atoms with Crippen LogP contribution < -0.4 is 10.6 Å². The zero-order chi connectivity index (χ0) is 14.2. The van der Waals surface area contributed by atoms with Crippen LogP contribution in [0.25, 0.3) is 0 Å². The molecule has 1 aliphatic rings. The second-order valence-electron chi connectivity index (χ2n) is 5.43. The maximum Gasteiger partial charge on any atom is 0.140 e. The number of nitrogens with one attached hydrogen (secondary N) is 1. The molecule has 2 atom stereocenters. The van der Waals surface area contributed by atoms with Crippen LogP contribution in [0, 0.1) is 25.2 Å². The maximum atomic E-state index is 9.69. The average Bonchev–Trinajstić information content (AvgIpc) is 2.76. The third-order valence-electron chi connectivity index (χ3n) is 3.80. The summed E-state index contributed by atoms with van der Waals surface area (Å²) in [5, 5.41) is 17.4. The summed E-state index contributed by atoms with van der Waals surface area (Å²) in [4.78, 5) is 6.69. The van der Waals surface area contributed by atoms with Crippen LogP contribution >= 0.6 is 0 Å². The van der Waals surface area contributed by atoms with Crippen molar-refractivity contribution in [2.24, 2.45) is 11.7 Å². The summed E-state index contributed by atoms with van der Waals surface area (Å²) in [6, 6.07) is 1.95. The van der Waals surface area contributed by atoms with Crippen LogP contribution in [0.1, 0.15) is 30.2 Å². The molecular weight excluding hydrogens is 240 g/mol. The van der Waals surface area contributed by atoms with E-state index in [1.54, 1.807) is 0 Å². The summed E-state index contributed by atoms with van der Waals surface area (Å²) >= 11 is 0. The van der Waals surface area contributed by atoms with Gasteiger partial charge in [-0.2, -0.15) is 0 Å². The van der Waals surface area contributed by atoms with Crippen LogP contribution in [0.3, 0.4) is 0 Å². The number of aromatic nitrogens is 1. The molecule has 5 nitrogen and oxygen atoms in total. The van der Waals surface area contributed by atoms with E-state index in [-0.39, 0.29) is 17.9 Å². The van der Waals surface area contributed by atoms with E-state index in [0.717, 1.165) is 42.1 Å². The Hall–Kier alpha value is -1.62. The summed E-state index contributed by atoms with van der Waals surface area (Å²) in [6.45, 7) is 7.36. The Morgan fingerprint density at radius 2 is 2.26 bits per heavy atom. The van der Waals surface area contributed by atoms with Gasteiger partial charge >= 0.3 is 0 Å². The highest BCUT2D eigenvalue weighted by Crippen LogP contribution is 2.28. The van der Waals surface area contributed by atoms with Gasteiger partial charge in [0.2, 0.25) is 0 Å². The van der Waals surface area contributed by atoms with Crippen molar-refractivity contribution in [3.8, 4) is 0 Å². The Kier molecular flexibility index (Phi) is 3.75. The number of anilines is 1. The van der Waals surface area contributed by atoms with Crippen LogP contribution in [-0.2, 0) is 0 Å². The van der Waals surface area contributed by atoms with Crippen LogP contribution in [0.4, 0.5) is 5.82 Å². The summed E-state index contributed by atoms with van der Waals surface area (Å²) in [6.07, 6.45) is 0.639. The smallest absolute Gasteiger partial charge is 0.140 e. The molecule has 1 fully saturated rings. The monoisotopic (exact) mass is 262 g/mol. The summed E-state index contributed by atoms with van der Waals surface area (Å²) < 4.78 is 0. The minimum Gasteiger partial charge on any atom is -0.393 e. The molecule has 104 valence electrons. The molecule has 0 amide bonds. The lowest BCUT2D eigenvalue weighted by Crippen LogP contribution is -2.28. The number of aliphatic hydroxyl groups is 1. The van der Waals surface area contributed by atoms with Gasteiger partial charge in [-0.15, -0.1) is 0 Å². The quantitative estimate of drug-likeness (QED) is 0.564. The van der Waals surface area contributed by atoms with Crippen LogP contribution in [0.15, 0.2) is 6.07 Å². The van der Waals surface area contributed by atoms with Crippen molar-refractivity contribution < 1.29 is 5.11 Å². The molecule has 1 aliphatic heterocycles. The second kappa shape index (κ2) is 5.17. The predicted molar refractivity (Wildman–Crippen MR) is 76.7 cm³/mol. The highest BCUT2D eigenvalue weighted by Gasteiger charge is 2.29. The Labute approximate surface area is 114 Å². The standard InChI is InChI=1S/C14H22N4O/c1-8-6-9(2)17-14(12(8)13(15)16)18-5-4-11(7-18)10(3)19/h6,10-11,19H,4-5,7H2,1-3H3,(H3,15,16). The summed E-state index contributed by atoms with van der Waals surface area (Å²) in [5.74, 6) is 1.11. The molecule has 2 heterocycles. The molecule has 1 saturated heterocycles. The van der Waals surface area contributed by atoms with Gasteiger partial charge in [-0.1, -0.05) is 0 Å². The van der Waals surface area contributed by atoms with Gasteiger partial charge in [-0.3, -0.25) is 5.41 Å². The van der Waals surface area contributed by atoms with E-state index in [4.69, 9.17) is 11.1 Å². The normalized spacial score (nSPS) is 20.6. The number of pyridine rings is 1. The van der Waals surface area contributed by atoms with Crippen LogP contribution in [0.2, 0.25) is 0 Å². The Morgan fingerprint density at radius 1 is 1.58 bits per heavy atom. The minimum absolute atomic E-state index is 0.0560. The Bertz CT molecular complexity index is 498. The predicted octanol–water partition coefficient (Wildman–Crippen LogP) is 1.19. The van der Waals surface area contributed by atoms with Crippen molar-refractivity contribution >= 4 is 11.7 Å². The average molecular weight is 262 g/mol. The number of nitrogen functional groups attached to an aromatic ring is 1. The molecule has 0 aromatic carbocycles. The van der Waals surface area contributed by atoms with Gasteiger partial charge in [-0.05, 0) is 38.8 Å². The third kappa shape index (κ3) is 2.71. The second-order valence-corrected chi connectivity index (χ2v) is 5.43. The topological polar surface area (TPSA) is 86.2 Å². The zero-order valence-electron chi connectivity index (χ0n) is 11.8. The molecule has 2 unspecified atom stereocenters. The van der Waals surface area contributed by atoms with Gasteiger partial charge < -0.3 is 15.7 Å². The van der Waals surface area contributed by atoms with Crippen LogP contribution in [0.5, 0.6) is 0 Å². The minimum atomic E-state index is -0.309. The van der Waals surface area contributed by atoms with E-state index in [9.17, 15) is 5.11 Å². The van der Waals surface area contributed by atoms with E-state index in [1.165, 1.54) is 0 Å². The Balaban J connectivity index is 2.37. The van der Waals surface area contributed by atoms with E-state index in [1.807, 2.05) is 26.8 Å². The van der Waals surface area contributed by atoms with Gasteiger partial charge in [-0.25, -0.2) is 4.98 Å². The van der Waals surface area contributed by atoms with Gasteiger partial charge in [0.25, 0.3) is 0 Å². The number of nitrogens with zero attached hydrogens (tertiary/aromatic N) is 2. The fourth-order valence-corrected chi connectivity index (χ4v) is 2.75. The van der Waals surface area contributed by atoms with Gasteiger partial charge in [0.1, 0.15) is 11.7 Å². The highest BCUT2D eigenvalue weighted by molar-refractivity contribution is 6.01. The number of hydrogen-bond donors (Lipinski definition) is 3. The molecule has 0 aliphatic carbocycles. The fourth-order valence-electron chi connectivity index (χ4n) is 2.75.